The Balaban J connectivity index is 1.37. The fraction of sp³-hybridized carbons (Fsp3) is 0.367. The van der Waals surface area contributed by atoms with E-state index < -0.39 is 0 Å². The number of methoxy groups -OCH3 is 1. The molecule has 3 atom stereocenters. The molecule has 0 unspecified atom stereocenters. The van der Waals surface area contributed by atoms with Gasteiger partial charge in [0.1, 0.15) is 29.2 Å². The van der Waals surface area contributed by atoms with Gasteiger partial charge in [0.2, 0.25) is 0 Å². The number of ether oxygens (including phenoxy) is 2. The number of hydrogen-bond donors (Lipinski definition) is 0. The van der Waals surface area contributed by atoms with Crippen molar-refractivity contribution in [2.45, 2.75) is 51.6 Å². The molecule has 4 heteroatoms. The zero-order valence-electron chi connectivity index (χ0n) is 20.0. The summed E-state index contributed by atoms with van der Waals surface area (Å²) in [5.41, 5.74) is 4.95. The molecular formula is C30H31FO3. The van der Waals surface area contributed by atoms with Gasteiger partial charge in [-0.2, -0.15) is 0 Å². The van der Waals surface area contributed by atoms with Crippen molar-refractivity contribution in [3.8, 4) is 22.6 Å². The van der Waals surface area contributed by atoms with Crippen molar-refractivity contribution in [3.63, 3.8) is 0 Å². The van der Waals surface area contributed by atoms with Crippen molar-refractivity contribution in [1.82, 2.24) is 0 Å². The van der Waals surface area contributed by atoms with Gasteiger partial charge in [0.25, 0.3) is 0 Å². The summed E-state index contributed by atoms with van der Waals surface area (Å²) in [6.45, 7) is 3.75. The molecule has 0 spiro atoms. The summed E-state index contributed by atoms with van der Waals surface area (Å²) < 4.78 is 26.2. The Hall–Kier alpha value is -3.14. The van der Waals surface area contributed by atoms with Crippen LogP contribution in [0.1, 0.15) is 61.8 Å². The van der Waals surface area contributed by atoms with Crippen molar-refractivity contribution >= 4 is 5.78 Å². The minimum Gasteiger partial charge on any atom is -0.497 e. The molecule has 0 N–H and O–H groups in total. The topological polar surface area (TPSA) is 35.5 Å². The highest BCUT2D eigenvalue weighted by Crippen LogP contribution is 2.47. The molecule has 3 aromatic rings. The molecule has 0 saturated heterocycles. The first-order valence-corrected chi connectivity index (χ1v) is 12.2. The molecule has 2 aliphatic rings. The van der Waals surface area contributed by atoms with E-state index >= 15 is 0 Å². The maximum absolute atomic E-state index is 14.5. The second-order valence-corrected chi connectivity index (χ2v) is 9.74. The lowest BCUT2D eigenvalue weighted by molar-refractivity contribution is -0.121. The van der Waals surface area contributed by atoms with Crippen LogP contribution in [0.5, 0.6) is 11.5 Å². The minimum atomic E-state index is -0.256. The maximum atomic E-state index is 14.5. The molecule has 0 aromatic heterocycles. The average molecular weight is 459 g/mol. The van der Waals surface area contributed by atoms with Crippen molar-refractivity contribution < 1.29 is 18.7 Å². The molecule has 0 amide bonds. The van der Waals surface area contributed by atoms with Crippen LogP contribution >= 0.6 is 0 Å². The molecule has 34 heavy (non-hydrogen) atoms. The van der Waals surface area contributed by atoms with Gasteiger partial charge < -0.3 is 9.47 Å². The highest BCUT2D eigenvalue weighted by atomic mass is 19.1. The van der Waals surface area contributed by atoms with Gasteiger partial charge in [-0.15, -0.1) is 0 Å². The first-order valence-electron chi connectivity index (χ1n) is 12.2. The van der Waals surface area contributed by atoms with E-state index in [0.717, 1.165) is 29.7 Å². The van der Waals surface area contributed by atoms with Crippen LogP contribution in [-0.2, 0) is 11.2 Å². The van der Waals surface area contributed by atoms with Crippen LogP contribution in [0.4, 0.5) is 4.39 Å². The van der Waals surface area contributed by atoms with Gasteiger partial charge in [-0.3, -0.25) is 4.79 Å². The Bertz CT molecular complexity index is 1210. The number of carbonyl (C=O) groups excluding carboxylic acids is 1. The third-order valence-electron chi connectivity index (χ3n) is 7.48. The number of ketones is 1. The Labute approximate surface area is 200 Å². The monoisotopic (exact) mass is 458 g/mol. The normalized spacial score (nSPS) is 18.8. The summed E-state index contributed by atoms with van der Waals surface area (Å²) in [7, 11) is 1.59. The van der Waals surface area contributed by atoms with Gasteiger partial charge in [-0.05, 0) is 97.0 Å². The van der Waals surface area contributed by atoms with Crippen molar-refractivity contribution in [1.29, 1.82) is 0 Å². The van der Waals surface area contributed by atoms with E-state index in [9.17, 15) is 9.18 Å². The smallest absolute Gasteiger partial charge is 0.133 e. The van der Waals surface area contributed by atoms with Gasteiger partial charge in [0.15, 0.2) is 0 Å². The number of carbonyl (C=O) groups is 1. The molecule has 0 bridgehead atoms. The highest BCUT2D eigenvalue weighted by molar-refractivity contribution is 5.79. The summed E-state index contributed by atoms with van der Waals surface area (Å²) in [5.74, 6) is 2.35. The Morgan fingerprint density at radius 3 is 2.56 bits per heavy atom. The van der Waals surface area contributed by atoms with Gasteiger partial charge in [0.05, 0.1) is 7.11 Å². The maximum Gasteiger partial charge on any atom is 0.133 e. The number of hydrogen-bond acceptors (Lipinski definition) is 3. The van der Waals surface area contributed by atoms with Crippen LogP contribution in [0, 0.1) is 17.7 Å². The first-order chi connectivity index (χ1) is 16.4. The number of rotatable bonds is 8. The zero-order chi connectivity index (χ0) is 23.8. The average Bonchev–Trinajstić information content (AvgIpc) is 3.60. The zero-order valence-corrected chi connectivity index (χ0v) is 20.0. The van der Waals surface area contributed by atoms with E-state index in [1.54, 1.807) is 26.2 Å². The van der Waals surface area contributed by atoms with Gasteiger partial charge >= 0.3 is 0 Å². The van der Waals surface area contributed by atoms with Crippen molar-refractivity contribution in [2.75, 3.05) is 7.11 Å². The molecule has 0 radical (unpaired) electrons. The standard InChI is InChI=1S/C30H31FO3/c1-18(19(2)32)30(20-7-8-20)23-5-4-6-25(16-23)34-29-14-10-21-15-22(9-12-26(21)29)27-17-24(33-3)11-13-28(27)31/h4-6,9,11-13,15-18,20,29-30H,7-8,10,14H2,1-3H3/t18-,29-,30+/m1/s1. The number of fused-ring (bicyclic) bond motifs is 1. The molecule has 2 aliphatic carbocycles. The summed E-state index contributed by atoms with van der Waals surface area (Å²) in [4.78, 5) is 12.1. The van der Waals surface area contributed by atoms with Gasteiger partial charge in [-0.25, -0.2) is 4.39 Å². The van der Waals surface area contributed by atoms with E-state index in [-0.39, 0.29) is 29.5 Å². The molecule has 0 aliphatic heterocycles. The molecule has 5 rings (SSSR count). The SMILES string of the molecule is COc1ccc(F)c(-c2ccc3c(c2)CC[C@H]3Oc2cccc([C@H](C3CC3)[C@H](C)C(C)=O)c2)c1. The summed E-state index contributed by atoms with van der Waals surface area (Å²) in [5, 5.41) is 0. The minimum absolute atomic E-state index is 0.0189. The lowest BCUT2D eigenvalue weighted by Gasteiger charge is -2.23. The molecular weight excluding hydrogens is 427 g/mol. The lowest BCUT2D eigenvalue weighted by Crippen LogP contribution is -2.19. The van der Waals surface area contributed by atoms with E-state index in [1.807, 2.05) is 18.2 Å². The molecule has 1 saturated carbocycles. The largest absolute Gasteiger partial charge is 0.497 e. The summed E-state index contributed by atoms with van der Waals surface area (Å²) in [6, 6.07) is 19.2. The first kappa shape index (κ1) is 22.6. The molecule has 1 fully saturated rings. The van der Waals surface area contributed by atoms with Gasteiger partial charge in [0, 0.05) is 11.5 Å². The predicted molar refractivity (Wildman–Crippen MR) is 132 cm³/mol. The fourth-order valence-electron chi connectivity index (χ4n) is 5.36. The number of aryl methyl sites for hydroxylation is 1. The molecule has 176 valence electrons. The lowest BCUT2D eigenvalue weighted by atomic mass is 9.81. The van der Waals surface area contributed by atoms with E-state index in [0.29, 0.717) is 17.2 Å². The van der Waals surface area contributed by atoms with Crippen LogP contribution in [0.15, 0.2) is 60.7 Å². The Morgan fingerprint density at radius 2 is 1.82 bits per heavy atom. The Kier molecular flexibility index (Phi) is 6.16. The van der Waals surface area contributed by atoms with Crippen LogP contribution in [0.25, 0.3) is 11.1 Å². The van der Waals surface area contributed by atoms with Crippen LogP contribution in [-0.4, -0.2) is 12.9 Å². The highest BCUT2D eigenvalue weighted by Gasteiger charge is 2.37. The van der Waals surface area contributed by atoms with Crippen LogP contribution < -0.4 is 9.47 Å². The third-order valence-corrected chi connectivity index (χ3v) is 7.48. The van der Waals surface area contributed by atoms with Crippen LogP contribution in [0.2, 0.25) is 0 Å². The third kappa shape index (κ3) is 4.46. The quantitative estimate of drug-likeness (QED) is 0.356. The summed E-state index contributed by atoms with van der Waals surface area (Å²) in [6.07, 6.45) is 4.14. The second-order valence-electron chi connectivity index (χ2n) is 9.74. The number of Topliss-reactive ketones (excluding diaryl/α,β-unsaturated/α-hetero) is 1. The van der Waals surface area contributed by atoms with E-state index in [2.05, 4.69) is 31.2 Å². The predicted octanol–water partition coefficient (Wildman–Crippen LogP) is 7.29. The van der Waals surface area contributed by atoms with Crippen molar-refractivity contribution in [2.24, 2.45) is 11.8 Å². The number of benzene rings is 3. The van der Waals surface area contributed by atoms with E-state index in [4.69, 9.17) is 9.47 Å². The molecule has 3 nitrogen and oxygen atoms in total. The van der Waals surface area contributed by atoms with E-state index in [1.165, 1.54) is 30.0 Å². The molecule has 0 heterocycles. The van der Waals surface area contributed by atoms with Gasteiger partial charge in [-0.1, -0.05) is 37.3 Å². The molecule has 3 aromatic carbocycles. The van der Waals surface area contributed by atoms with Crippen molar-refractivity contribution in [3.05, 3.63) is 83.2 Å². The Morgan fingerprint density at radius 1 is 1.00 bits per heavy atom. The number of halogens is 1. The van der Waals surface area contributed by atoms with Crippen LogP contribution in [0.3, 0.4) is 0 Å². The summed E-state index contributed by atoms with van der Waals surface area (Å²) >= 11 is 0. The fourth-order valence-corrected chi connectivity index (χ4v) is 5.36. The second kappa shape index (κ2) is 9.25.